The second kappa shape index (κ2) is 6.84. The van der Waals surface area contributed by atoms with Gasteiger partial charge in [-0.15, -0.1) is 0 Å². The first-order valence-corrected chi connectivity index (χ1v) is 8.47. The van der Waals surface area contributed by atoms with Crippen molar-refractivity contribution < 1.29 is 24.2 Å². The van der Waals surface area contributed by atoms with Gasteiger partial charge in [0, 0.05) is 5.56 Å². The van der Waals surface area contributed by atoms with Crippen molar-refractivity contribution in [2.45, 2.75) is 44.2 Å². The van der Waals surface area contributed by atoms with Gasteiger partial charge in [-0.3, -0.25) is 14.5 Å². The van der Waals surface area contributed by atoms with Crippen LogP contribution in [0.4, 0.5) is 4.79 Å². The van der Waals surface area contributed by atoms with E-state index in [1.807, 2.05) is 0 Å². The van der Waals surface area contributed by atoms with Crippen LogP contribution in [0.15, 0.2) is 24.3 Å². The zero-order valence-electron chi connectivity index (χ0n) is 14.2. The van der Waals surface area contributed by atoms with Crippen molar-refractivity contribution in [1.82, 2.24) is 10.2 Å². The normalized spacial score (nSPS) is 20.0. The van der Waals surface area contributed by atoms with Crippen LogP contribution in [0.1, 0.15) is 43.0 Å². The Labute approximate surface area is 146 Å². The third-order valence-corrected chi connectivity index (χ3v) is 4.80. The lowest BCUT2D eigenvalue weighted by Gasteiger charge is -2.21. The summed E-state index contributed by atoms with van der Waals surface area (Å²) < 4.78 is 5.47. The third-order valence-electron chi connectivity index (χ3n) is 4.80. The first-order valence-electron chi connectivity index (χ1n) is 8.47. The third kappa shape index (κ3) is 3.51. The zero-order valence-corrected chi connectivity index (χ0v) is 14.2. The molecule has 3 rings (SSSR count). The minimum atomic E-state index is -0.987. The van der Waals surface area contributed by atoms with Crippen molar-refractivity contribution >= 4 is 17.7 Å². The maximum atomic E-state index is 12.5. The van der Waals surface area contributed by atoms with Crippen molar-refractivity contribution in [3.63, 3.8) is 0 Å². The minimum Gasteiger partial charge on any atom is -0.491 e. The van der Waals surface area contributed by atoms with Crippen LogP contribution in [0.25, 0.3) is 0 Å². The standard InChI is InChI=1S/C18H22N2O5/c1-12(21)13-4-6-15(7-5-13)25-11-14(22)10-20-16(23)18(19-17(20)24)8-2-3-9-18/h4-7,14,22H,2-3,8-11H2,1H3,(H,19,24)/t14-/m0/s1. The molecular weight excluding hydrogens is 324 g/mol. The number of ketones is 1. The largest absolute Gasteiger partial charge is 0.491 e. The number of amides is 3. The molecule has 7 heteroatoms. The fraction of sp³-hybridized carbons (Fsp3) is 0.500. The summed E-state index contributed by atoms with van der Waals surface area (Å²) in [5, 5.41) is 12.9. The Kier molecular flexibility index (Phi) is 4.76. The molecule has 2 aliphatic rings. The highest BCUT2D eigenvalue weighted by Gasteiger charge is 2.52. The molecule has 134 valence electrons. The van der Waals surface area contributed by atoms with Crippen LogP contribution in [0, 0.1) is 0 Å². The van der Waals surface area contributed by atoms with Crippen molar-refractivity contribution in [2.24, 2.45) is 0 Å². The van der Waals surface area contributed by atoms with E-state index in [1.54, 1.807) is 24.3 Å². The van der Waals surface area contributed by atoms with Crippen molar-refractivity contribution in [2.75, 3.05) is 13.2 Å². The van der Waals surface area contributed by atoms with Gasteiger partial charge in [0.2, 0.25) is 0 Å². The molecule has 1 aromatic carbocycles. The number of hydrogen-bond acceptors (Lipinski definition) is 5. The average Bonchev–Trinajstić information content (AvgIpc) is 3.14. The summed E-state index contributed by atoms with van der Waals surface area (Å²) >= 11 is 0. The lowest BCUT2D eigenvalue weighted by atomic mass is 9.98. The SMILES string of the molecule is CC(=O)c1ccc(OC[C@@H](O)CN2C(=O)NC3(CCCC3)C2=O)cc1. The van der Waals surface area contributed by atoms with Crippen LogP contribution < -0.4 is 10.1 Å². The molecule has 1 aliphatic carbocycles. The summed E-state index contributed by atoms with van der Waals surface area (Å²) in [5.74, 6) is 0.222. The van der Waals surface area contributed by atoms with Gasteiger partial charge >= 0.3 is 6.03 Å². The zero-order chi connectivity index (χ0) is 18.0. The number of β-amino-alcohol motifs (C(OH)–C–C–N with tert-alkyl or cyclic N) is 1. The van der Waals surface area contributed by atoms with E-state index in [2.05, 4.69) is 5.32 Å². The summed E-state index contributed by atoms with van der Waals surface area (Å²) in [6.07, 6.45) is 2.16. The molecule has 0 unspecified atom stereocenters. The number of nitrogens with zero attached hydrogens (tertiary/aromatic N) is 1. The predicted octanol–water partition coefficient (Wildman–Crippen LogP) is 1.49. The monoisotopic (exact) mass is 346 g/mol. The second-order valence-corrected chi connectivity index (χ2v) is 6.68. The first-order chi connectivity index (χ1) is 11.9. The average molecular weight is 346 g/mol. The number of hydrogen-bond donors (Lipinski definition) is 2. The molecule has 1 aromatic rings. The maximum Gasteiger partial charge on any atom is 0.325 e. The molecule has 0 bridgehead atoms. The van der Waals surface area contributed by atoms with Crippen molar-refractivity contribution in [1.29, 1.82) is 0 Å². The highest BCUT2D eigenvalue weighted by molar-refractivity contribution is 6.07. The van der Waals surface area contributed by atoms with Gasteiger partial charge in [0.05, 0.1) is 6.54 Å². The molecule has 7 nitrogen and oxygen atoms in total. The quantitative estimate of drug-likeness (QED) is 0.601. The number of aliphatic hydroxyl groups excluding tert-OH is 1. The molecule has 3 amide bonds. The summed E-state index contributed by atoms with van der Waals surface area (Å²) in [7, 11) is 0. The molecular formula is C18H22N2O5. The summed E-state index contributed by atoms with van der Waals surface area (Å²) in [5.41, 5.74) is -0.186. The molecule has 1 spiro atoms. The van der Waals surface area contributed by atoms with Gasteiger partial charge in [0.1, 0.15) is 24.0 Å². The molecule has 1 heterocycles. The van der Waals surface area contributed by atoms with Gasteiger partial charge in [0.25, 0.3) is 5.91 Å². The number of Topliss-reactive ketones (excluding diaryl/α,β-unsaturated/α-hetero) is 1. The smallest absolute Gasteiger partial charge is 0.325 e. The molecule has 2 fully saturated rings. The first kappa shape index (κ1) is 17.4. The van der Waals surface area contributed by atoms with Gasteiger partial charge < -0.3 is 15.2 Å². The number of imide groups is 1. The Morgan fingerprint density at radius 1 is 1.28 bits per heavy atom. The van der Waals surface area contributed by atoms with Crippen LogP contribution in [0.5, 0.6) is 5.75 Å². The molecule has 1 atom stereocenters. The van der Waals surface area contributed by atoms with E-state index in [0.29, 0.717) is 24.2 Å². The molecule has 25 heavy (non-hydrogen) atoms. The Morgan fingerprint density at radius 3 is 2.52 bits per heavy atom. The predicted molar refractivity (Wildman–Crippen MR) is 89.4 cm³/mol. The highest BCUT2D eigenvalue weighted by atomic mass is 16.5. The fourth-order valence-electron chi connectivity index (χ4n) is 3.40. The maximum absolute atomic E-state index is 12.5. The number of carbonyl (C=O) groups is 3. The molecule has 1 aliphatic heterocycles. The Balaban J connectivity index is 1.54. The number of rotatable bonds is 6. The lowest BCUT2D eigenvalue weighted by Crippen LogP contribution is -2.45. The van der Waals surface area contributed by atoms with E-state index in [4.69, 9.17) is 4.74 Å². The summed E-state index contributed by atoms with van der Waals surface area (Å²) in [4.78, 5) is 36.9. The fourth-order valence-corrected chi connectivity index (χ4v) is 3.40. The molecule has 0 aromatic heterocycles. The number of nitrogens with one attached hydrogen (secondary N) is 1. The van der Waals surface area contributed by atoms with Crippen LogP contribution in [0.3, 0.4) is 0 Å². The highest BCUT2D eigenvalue weighted by Crippen LogP contribution is 2.35. The number of benzene rings is 1. The summed E-state index contributed by atoms with van der Waals surface area (Å²) in [6.45, 7) is 1.33. The van der Waals surface area contributed by atoms with Gasteiger partial charge in [-0.25, -0.2) is 4.79 Å². The van der Waals surface area contributed by atoms with E-state index in [0.717, 1.165) is 17.7 Å². The van der Waals surface area contributed by atoms with Gasteiger partial charge in [-0.1, -0.05) is 12.8 Å². The Bertz CT molecular complexity index is 679. The van der Waals surface area contributed by atoms with E-state index in [1.165, 1.54) is 6.92 Å². The molecule has 0 radical (unpaired) electrons. The summed E-state index contributed by atoms with van der Waals surface area (Å²) in [6, 6.07) is 6.13. The molecule has 1 saturated carbocycles. The Hall–Kier alpha value is -2.41. The number of urea groups is 1. The van der Waals surface area contributed by atoms with Crippen LogP contribution >= 0.6 is 0 Å². The lowest BCUT2D eigenvalue weighted by molar-refractivity contribution is -0.132. The number of ether oxygens (including phenoxy) is 1. The van der Waals surface area contributed by atoms with Gasteiger partial charge in [-0.05, 0) is 44.0 Å². The number of aliphatic hydroxyl groups is 1. The van der Waals surface area contributed by atoms with E-state index in [9.17, 15) is 19.5 Å². The van der Waals surface area contributed by atoms with Crippen LogP contribution in [0.2, 0.25) is 0 Å². The molecule has 2 N–H and O–H groups in total. The van der Waals surface area contributed by atoms with E-state index < -0.39 is 17.7 Å². The van der Waals surface area contributed by atoms with E-state index >= 15 is 0 Å². The van der Waals surface area contributed by atoms with Gasteiger partial charge in [-0.2, -0.15) is 0 Å². The molecule has 1 saturated heterocycles. The van der Waals surface area contributed by atoms with Crippen molar-refractivity contribution in [3.05, 3.63) is 29.8 Å². The van der Waals surface area contributed by atoms with Crippen LogP contribution in [-0.2, 0) is 4.79 Å². The van der Waals surface area contributed by atoms with Crippen molar-refractivity contribution in [3.8, 4) is 5.75 Å². The second-order valence-electron chi connectivity index (χ2n) is 6.68. The van der Waals surface area contributed by atoms with Gasteiger partial charge in [0.15, 0.2) is 5.78 Å². The number of carbonyl (C=O) groups excluding carboxylic acids is 3. The topological polar surface area (TPSA) is 95.9 Å². The Morgan fingerprint density at radius 2 is 1.92 bits per heavy atom. The minimum absolute atomic E-state index is 0.0361. The van der Waals surface area contributed by atoms with Crippen LogP contribution in [-0.4, -0.2) is 52.5 Å². The van der Waals surface area contributed by atoms with E-state index in [-0.39, 0.29) is 24.8 Å².